The molecule has 0 aliphatic rings. The molecule has 0 N–H and O–H groups in total. The van der Waals surface area contributed by atoms with E-state index in [1.807, 2.05) is 41.8 Å². The van der Waals surface area contributed by atoms with Crippen molar-refractivity contribution in [1.29, 1.82) is 0 Å². The zero-order chi connectivity index (χ0) is 12.5. The van der Waals surface area contributed by atoms with E-state index in [-0.39, 0.29) is 5.78 Å². The SMILES string of the molecule is O=C(c1csc(Br)c1)c1cccc2cccnc12. The second-order valence-corrected chi connectivity index (χ2v) is 6.14. The van der Waals surface area contributed by atoms with Crippen molar-refractivity contribution in [2.24, 2.45) is 0 Å². The van der Waals surface area contributed by atoms with E-state index >= 15 is 0 Å². The Morgan fingerprint density at radius 3 is 2.83 bits per heavy atom. The maximum Gasteiger partial charge on any atom is 0.196 e. The molecule has 88 valence electrons. The van der Waals surface area contributed by atoms with Gasteiger partial charge in [0.2, 0.25) is 0 Å². The van der Waals surface area contributed by atoms with Gasteiger partial charge in [0.1, 0.15) is 0 Å². The first-order valence-electron chi connectivity index (χ1n) is 5.38. The van der Waals surface area contributed by atoms with Crippen LogP contribution < -0.4 is 0 Å². The van der Waals surface area contributed by atoms with Crippen LogP contribution in [0.4, 0.5) is 0 Å². The molecule has 0 saturated carbocycles. The first kappa shape index (κ1) is 11.6. The summed E-state index contributed by atoms with van der Waals surface area (Å²) in [5.74, 6) is 0.0150. The Bertz CT molecular complexity index is 730. The number of aromatic nitrogens is 1. The van der Waals surface area contributed by atoms with Gasteiger partial charge in [0.15, 0.2) is 5.78 Å². The van der Waals surface area contributed by atoms with Gasteiger partial charge in [-0.05, 0) is 34.1 Å². The number of carbonyl (C=O) groups is 1. The molecule has 2 nitrogen and oxygen atoms in total. The van der Waals surface area contributed by atoms with E-state index in [0.29, 0.717) is 11.1 Å². The highest BCUT2D eigenvalue weighted by molar-refractivity contribution is 9.11. The monoisotopic (exact) mass is 317 g/mol. The molecule has 0 atom stereocenters. The summed E-state index contributed by atoms with van der Waals surface area (Å²) >= 11 is 4.88. The van der Waals surface area contributed by atoms with Gasteiger partial charge in [-0.1, -0.05) is 18.2 Å². The largest absolute Gasteiger partial charge is 0.288 e. The molecule has 4 heteroatoms. The molecule has 3 aromatic rings. The van der Waals surface area contributed by atoms with Crippen molar-refractivity contribution < 1.29 is 4.79 Å². The Balaban J connectivity index is 2.17. The lowest BCUT2D eigenvalue weighted by Gasteiger charge is -2.03. The van der Waals surface area contributed by atoms with Crippen LogP contribution in [-0.4, -0.2) is 10.8 Å². The fourth-order valence-electron chi connectivity index (χ4n) is 1.87. The number of para-hydroxylation sites is 1. The molecular weight excluding hydrogens is 310 g/mol. The van der Waals surface area contributed by atoms with Crippen molar-refractivity contribution in [3.05, 3.63) is 62.9 Å². The third-order valence-corrected chi connectivity index (χ3v) is 4.21. The molecule has 3 rings (SSSR count). The Kier molecular flexibility index (Phi) is 2.97. The van der Waals surface area contributed by atoms with Gasteiger partial charge in [-0.15, -0.1) is 11.3 Å². The third kappa shape index (κ3) is 1.98. The first-order valence-corrected chi connectivity index (χ1v) is 7.05. The predicted octanol–water partition coefficient (Wildman–Crippen LogP) is 4.29. The molecule has 0 aliphatic heterocycles. The fourth-order valence-corrected chi connectivity index (χ4v) is 3.01. The van der Waals surface area contributed by atoms with E-state index in [0.717, 1.165) is 14.7 Å². The van der Waals surface area contributed by atoms with Crippen molar-refractivity contribution in [2.45, 2.75) is 0 Å². The number of rotatable bonds is 2. The summed E-state index contributed by atoms with van der Waals surface area (Å²) in [4.78, 5) is 16.7. The average Bonchev–Trinajstić information content (AvgIpc) is 2.84. The number of hydrogen-bond donors (Lipinski definition) is 0. The van der Waals surface area contributed by atoms with E-state index in [1.54, 1.807) is 6.20 Å². The van der Waals surface area contributed by atoms with E-state index in [9.17, 15) is 4.79 Å². The zero-order valence-electron chi connectivity index (χ0n) is 9.26. The number of carbonyl (C=O) groups excluding carboxylic acids is 1. The van der Waals surface area contributed by atoms with Gasteiger partial charge in [-0.2, -0.15) is 0 Å². The van der Waals surface area contributed by atoms with E-state index in [1.165, 1.54) is 11.3 Å². The number of thiophene rings is 1. The number of benzene rings is 1. The highest BCUT2D eigenvalue weighted by Crippen LogP contribution is 2.25. The van der Waals surface area contributed by atoms with E-state index < -0.39 is 0 Å². The minimum Gasteiger partial charge on any atom is -0.288 e. The number of hydrogen-bond acceptors (Lipinski definition) is 3. The van der Waals surface area contributed by atoms with Crippen LogP contribution in [0.2, 0.25) is 0 Å². The van der Waals surface area contributed by atoms with Crippen LogP contribution in [0.3, 0.4) is 0 Å². The summed E-state index contributed by atoms with van der Waals surface area (Å²) < 4.78 is 0.957. The summed E-state index contributed by atoms with van der Waals surface area (Å²) in [7, 11) is 0. The molecule has 0 amide bonds. The molecule has 0 aliphatic carbocycles. The zero-order valence-corrected chi connectivity index (χ0v) is 11.7. The Morgan fingerprint density at radius 1 is 1.22 bits per heavy atom. The molecule has 0 saturated heterocycles. The fraction of sp³-hybridized carbons (Fsp3) is 0. The molecule has 18 heavy (non-hydrogen) atoms. The summed E-state index contributed by atoms with van der Waals surface area (Å²) in [5, 5.41) is 2.84. The minimum absolute atomic E-state index is 0.0150. The average molecular weight is 318 g/mol. The van der Waals surface area contributed by atoms with Crippen molar-refractivity contribution in [2.75, 3.05) is 0 Å². The summed E-state index contributed by atoms with van der Waals surface area (Å²) in [6.07, 6.45) is 1.71. The smallest absolute Gasteiger partial charge is 0.196 e. The van der Waals surface area contributed by atoms with Crippen LogP contribution in [-0.2, 0) is 0 Å². The first-order chi connectivity index (χ1) is 8.75. The maximum absolute atomic E-state index is 12.4. The molecule has 2 aromatic heterocycles. The lowest BCUT2D eigenvalue weighted by molar-refractivity contribution is 0.104. The molecule has 0 unspecified atom stereocenters. The van der Waals surface area contributed by atoms with Crippen molar-refractivity contribution >= 4 is 44.0 Å². The van der Waals surface area contributed by atoms with Gasteiger partial charge < -0.3 is 0 Å². The van der Waals surface area contributed by atoms with Gasteiger partial charge in [0.05, 0.1) is 9.30 Å². The number of halogens is 1. The van der Waals surface area contributed by atoms with Crippen LogP contribution >= 0.6 is 27.3 Å². The standard InChI is InChI=1S/C14H8BrNOS/c15-12-7-10(8-18-12)14(17)11-5-1-3-9-4-2-6-16-13(9)11/h1-8H. The highest BCUT2D eigenvalue weighted by Gasteiger charge is 2.14. The van der Waals surface area contributed by atoms with E-state index in [4.69, 9.17) is 0 Å². The lowest BCUT2D eigenvalue weighted by Crippen LogP contribution is -2.01. The van der Waals surface area contributed by atoms with Crippen LogP contribution in [0, 0.1) is 0 Å². The number of ketones is 1. The van der Waals surface area contributed by atoms with Gasteiger partial charge in [-0.25, -0.2) is 0 Å². The van der Waals surface area contributed by atoms with Gasteiger partial charge >= 0.3 is 0 Å². The minimum atomic E-state index is 0.0150. The van der Waals surface area contributed by atoms with Crippen molar-refractivity contribution in [3.8, 4) is 0 Å². The van der Waals surface area contributed by atoms with Crippen LogP contribution in [0.15, 0.2) is 51.8 Å². The summed E-state index contributed by atoms with van der Waals surface area (Å²) in [6.45, 7) is 0. The molecular formula is C14H8BrNOS. The molecule has 2 heterocycles. The second kappa shape index (κ2) is 4.63. The van der Waals surface area contributed by atoms with Crippen molar-refractivity contribution in [1.82, 2.24) is 4.98 Å². The summed E-state index contributed by atoms with van der Waals surface area (Å²) in [6, 6.07) is 11.3. The summed E-state index contributed by atoms with van der Waals surface area (Å²) in [5.41, 5.74) is 2.11. The predicted molar refractivity (Wildman–Crippen MR) is 77.2 cm³/mol. The third-order valence-electron chi connectivity index (χ3n) is 2.71. The molecule has 0 bridgehead atoms. The second-order valence-electron chi connectivity index (χ2n) is 3.85. The number of fused-ring (bicyclic) bond motifs is 1. The van der Waals surface area contributed by atoms with Crippen LogP contribution in [0.5, 0.6) is 0 Å². The van der Waals surface area contributed by atoms with Gasteiger partial charge in [-0.3, -0.25) is 9.78 Å². The topological polar surface area (TPSA) is 30.0 Å². The highest BCUT2D eigenvalue weighted by atomic mass is 79.9. The van der Waals surface area contributed by atoms with Gasteiger partial charge in [0, 0.05) is 28.1 Å². The normalized spacial score (nSPS) is 10.7. The van der Waals surface area contributed by atoms with Gasteiger partial charge in [0.25, 0.3) is 0 Å². The maximum atomic E-state index is 12.4. The Morgan fingerprint density at radius 2 is 2.06 bits per heavy atom. The molecule has 1 aromatic carbocycles. The number of nitrogens with zero attached hydrogens (tertiary/aromatic N) is 1. The molecule has 0 fully saturated rings. The Hall–Kier alpha value is -1.52. The van der Waals surface area contributed by atoms with Crippen LogP contribution in [0.1, 0.15) is 15.9 Å². The van der Waals surface area contributed by atoms with Crippen molar-refractivity contribution in [3.63, 3.8) is 0 Å². The number of pyridine rings is 1. The quantitative estimate of drug-likeness (QED) is 0.660. The lowest BCUT2D eigenvalue weighted by atomic mass is 10.0. The molecule has 0 spiro atoms. The van der Waals surface area contributed by atoms with Crippen LogP contribution in [0.25, 0.3) is 10.9 Å². The Labute approximate surface area is 116 Å². The molecule has 0 radical (unpaired) electrons. The van der Waals surface area contributed by atoms with E-state index in [2.05, 4.69) is 20.9 Å².